The fourth-order valence-corrected chi connectivity index (χ4v) is 3.90. The van der Waals surface area contributed by atoms with E-state index in [4.69, 9.17) is 16.0 Å². The molecule has 4 aromatic rings. The molecule has 0 fully saturated rings. The fraction of sp³-hybridized carbons (Fsp3) is 0.120. The molecule has 4 rings (SSSR count). The van der Waals surface area contributed by atoms with E-state index in [1.165, 1.54) is 11.8 Å². The molecule has 0 spiro atoms. The van der Waals surface area contributed by atoms with E-state index in [2.05, 4.69) is 10.3 Å². The minimum absolute atomic E-state index is 0.0558. The van der Waals surface area contributed by atoms with Crippen molar-refractivity contribution in [3.05, 3.63) is 95.5 Å². The largest absolute Gasteiger partial charge is 0.431 e. The lowest BCUT2D eigenvalue weighted by Crippen LogP contribution is -2.27. The number of nitrogens with one attached hydrogen (secondary N) is 1. The van der Waals surface area contributed by atoms with Gasteiger partial charge in [-0.2, -0.15) is 0 Å². The van der Waals surface area contributed by atoms with E-state index in [9.17, 15) is 4.79 Å². The van der Waals surface area contributed by atoms with Gasteiger partial charge in [0.25, 0.3) is 5.22 Å². The van der Waals surface area contributed by atoms with Crippen molar-refractivity contribution in [1.29, 1.82) is 0 Å². The van der Waals surface area contributed by atoms with Crippen LogP contribution in [0.3, 0.4) is 0 Å². The number of halogens is 1. The zero-order valence-corrected chi connectivity index (χ0v) is 18.3. The molecule has 1 heterocycles. The summed E-state index contributed by atoms with van der Waals surface area (Å²) >= 11 is 7.19. The van der Waals surface area contributed by atoms with Gasteiger partial charge in [-0.3, -0.25) is 4.79 Å². The van der Waals surface area contributed by atoms with Crippen molar-refractivity contribution in [3.63, 3.8) is 0 Å². The van der Waals surface area contributed by atoms with Gasteiger partial charge in [0.1, 0.15) is 5.69 Å². The van der Waals surface area contributed by atoms with Crippen LogP contribution in [0, 0.1) is 0 Å². The van der Waals surface area contributed by atoms with Crippen LogP contribution < -0.4 is 5.32 Å². The number of benzene rings is 3. The van der Waals surface area contributed by atoms with Crippen LogP contribution >= 0.6 is 23.4 Å². The van der Waals surface area contributed by atoms with Gasteiger partial charge in [-0.1, -0.05) is 96.2 Å². The molecule has 1 N–H and O–H groups in total. The summed E-state index contributed by atoms with van der Waals surface area (Å²) < 4.78 is 6.05. The predicted octanol–water partition coefficient (Wildman–Crippen LogP) is 6.11. The highest BCUT2D eigenvalue weighted by Gasteiger charge is 2.17. The number of hydrogen-bond acceptors (Lipinski definition) is 4. The number of rotatable bonds is 8. The van der Waals surface area contributed by atoms with E-state index < -0.39 is 0 Å². The van der Waals surface area contributed by atoms with Crippen LogP contribution in [0.4, 0.5) is 0 Å². The minimum atomic E-state index is -0.0558. The van der Waals surface area contributed by atoms with Crippen molar-refractivity contribution in [1.82, 2.24) is 10.3 Å². The number of carbonyl (C=O) groups excluding carboxylic acids is 1. The van der Waals surface area contributed by atoms with Crippen molar-refractivity contribution >= 4 is 29.3 Å². The Labute approximate surface area is 190 Å². The van der Waals surface area contributed by atoms with E-state index >= 15 is 0 Å². The Morgan fingerprint density at radius 2 is 1.55 bits per heavy atom. The van der Waals surface area contributed by atoms with Crippen LogP contribution in [0.25, 0.3) is 22.6 Å². The van der Waals surface area contributed by atoms with Crippen molar-refractivity contribution in [2.24, 2.45) is 0 Å². The van der Waals surface area contributed by atoms with Crippen LogP contribution in [0.15, 0.2) is 94.6 Å². The Bertz CT molecular complexity index is 1070. The van der Waals surface area contributed by atoms with Gasteiger partial charge in [0, 0.05) is 22.7 Å². The maximum Gasteiger partial charge on any atom is 0.257 e. The molecule has 156 valence electrons. The summed E-state index contributed by atoms with van der Waals surface area (Å²) in [5.41, 5.74) is 3.83. The van der Waals surface area contributed by atoms with E-state index in [0.717, 1.165) is 28.8 Å². The molecule has 31 heavy (non-hydrogen) atoms. The van der Waals surface area contributed by atoms with Crippen LogP contribution in [-0.4, -0.2) is 23.2 Å². The van der Waals surface area contributed by atoms with Gasteiger partial charge in [0.05, 0.1) is 5.75 Å². The molecule has 1 amide bonds. The lowest BCUT2D eigenvalue weighted by molar-refractivity contribution is -0.118. The molecule has 0 atom stereocenters. The third kappa shape index (κ3) is 5.78. The monoisotopic (exact) mass is 448 g/mol. The SMILES string of the molecule is O=C(CSc1nc(-c2ccccc2)c(-c2ccccc2)o1)NCCc1ccc(Cl)cc1. The number of amides is 1. The zero-order valence-electron chi connectivity index (χ0n) is 16.8. The highest BCUT2D eigenvalue weighted by molar-refractivity contribution is 7.99. The molecule has 6 heteroatoms. The first-order valence-electron chi connectivity index (χ1n) is 9.94. The average Bonchev–Trinajstić information content (AvgIpc) is 3.25. The smallest absolute Gasteiger partial charge is 0.257 e. The number of aromatic nitrogens is 1. The third-order valence-electron chi connectivity index (χ3n) is 4.67. The Hall–Kier alpha value is -3.02. The Morgan fingerprint density at radius 3 is 2.23 bits per heavy atom. The number of carbonyl (C=O) groups is 1. The Kier molecular flexibility index (Phi) is 7.07. The molecule has 3 aromatic carbocycles. The molecular formula is C25H21ClN2O2S. The molecule has 4 nitrogen and oxygen atoms in total. The molecule has 0 aliphatic carbocycles. The van der Waals surface area contributed by atoms with E-state index in [-0.39, 0.29) is 11.7 Å². The van der Waals surface area contributed by atoms with Gasteiger partial charge in [-0.15, -0.1) is 0 Å². The predicted molar refractivity (Wildman–Crippen MR) is 126 cm³/mol. The second-order valence-corrected chi connectivity index (χ2v) is 8.27. The maximum absolute atomic E-state index is 12.3. The first-order valence-corrected chi connectivity index (χ1v) is 11.3. The molecule has 0 saturated heterocycles. The summed E-state index contributed by atoms with van der Waals surface area (Å²) in [7, 11) is 0. The van der Waals surface area contributed by atoms with Crippen LogP contribution in [0.1, 0.15) is 5.56 Å². The molecule has 0 unspecified atom stereocenters. The normalized spacial score (nSPS) is 10.7. The molecule has 0 aliphatic heterocycles. The lowest BCUT2D eigenvalue weighted by atomic mass is 10.1. The third-order valence-corrected chi connectivity index (χ3v) is 5.75. The first kappa shape index (κ1) is 21.2. The molecule has 0 saturated carbocycles. The zero-order chi connectivity index (χ0) is 21.5. The van der Waals surface area contributed by atoms with Crippen LogP contribution in [-0.2, 0) is 11.2 Å². The summed E-state index contributed by atoms with van der Waals surface area (Å²) in [5, 5.41) is 4.12. The Morgan fingerprint density at radius 1 is 0.903 bits per heavy atom. The number of oxazole rings is 1. The first-order chi connectivity index (χ1) is 15.2. The van der Waals surface area contributed by atoms with E-state index in [1.807, 2.05) is 84.9 Å². The molecular weight excluding hydrogens is 428 g/mol. The molecule has 0 aliphatic rings. The summed E-state index contributed by atoms with van der Waals surface area (Å²) in [6.07, 6.45) is 0.753. The summed E-state index contributed by atoms with van der Waals surface area (Å²) in [6, 6.07) is 27.4. The molecule has 0 bridgehead atoms. The molecule has 1 aromatic heterocycles. The van der Waals surface area contributed by atoms with Crippen molar-refractivity contribution in [2.75, 3.05) is 12.3 Å². The van der Waals surface area contributed by atoms with Gasteiger partial charge >= 0.3 is 0 Å². The summed E-state index contributed by atoms with van der Waals surface area (Å²) in [6.45, 7) is 0.567. The Balaban J connectivity index is 1.39. The topological polar surface area (TPSA) is 55.1 Å². The van der Waals surface area contributed by atoms with Gasteiger partial charge in [0.15, 0.2) is 5.76 Å². The highest BCUT2D eigenvalue weighted by atomic mass is 35.5. The van der Waals surface area contributed by atoms with E-state index in [0.29, 0.717) is 22.6 Å². The van der Waals surface area contributed by atoms with Gasteiger partial charge in [-0.05, 0) is 24.1 Å². The summed E-state index contributed by atoms with van der Waals surface area (Å²) in [5.74, 6) is 0.890. The van der Waals surface area contributed by atoms with Crippen molar-refractivity contribution in [2.45, 2.75) is 11.6 Å². The van der Waals surface area contributed by atoms with Crippen molar-refractivity contribution < 1.29 is 9.21 Å². The second-order valence-electron chi connectivity index (χ2n) is 6.90. The van der Waals surface area contributed by atoms with Gasteiger partial charge in [0.2, 0.25) is 5.91 Å². The second kappa shape index (κ2) is 10.3. The lowest BCUT2D eigenvalue weighted by Gasteiger charge is -2.04. The number of nitrogens with zero attached hydrogens (tertiary/aromatic N) is 1. The van der Waals surface area contributed by atoms with E-state index in [1.54, 1.807) is 0 Å². The minimum Gasteiger partial charge on any atom is -0.431 e. The van der Waals surface area contributed by atoms with Crippen LogP contribution in [0.5, 0.6) is 0 Å². The van der Waals surface area contributed by atoms with Crippen molar-refractivity contribution in [3.8, 4) is 22.6 Å². The maximum atomic E-state index is 12.3. The number of hydrogen-bond donors (Lipinski definition) is 1. The average molecular weight is 449 g/mol. The fourth-order valence-electron chi connectivity index (χ4n) is 3.11. The van der Waals surface area contributed by atoms with Gasteiger partial charge in [-0.25, -0.2) is 4.98 Å². The molecule has 0 radical (unpaired) electrons. The number of thioether (sulfide) groups is 1. The quantitative estimate of drug-likeness (QED) is 0.330. The van der Waals surface area contributed by atoms with Crippen LogP contribution in [0.2, 0.25) is 5.02 Å². The highest BCUT2D eigenvalue weighted by Crippen LogP contribution is 2.35. The standard InChI is InChI=1S/C25H21ClN2O2S/c26-21-13-11-18(12-14-21)15-16-27-22(29)17-31-25-28-23(19-7-3-1-4-8-19)24(30-25)20-9-5-2-6-10-20/h1-14H,15-17H2,(H,27,29). The summed E-state index contributed by atoms with van der Waals surface area (Å²) in [4.78, 5) is 16.9. The van der Waals surface area contributed by atoms with Gasteiger partial charge < -0.3 is 9.73 Å².